The molecule has 0 aromatic carbocycles. The Hall–Kier alpha value is -1.10. The quantitative estimate of drug-likeness (QED) is 0.759. The minimum Gasteiger partial charge on any atom is -0.464 e. The Kier molecular flexibility index (Phi) is 3.08. The molecule has 0 aromatic rings. The highest BCUT2D eigenvalue weighted by Crippen LogP contribution is 2.52. The molecule has 112 valence electrons. The van der Waals surface area contributed by atoms with Crippen LogP contribution in [0.5, 0.6) is 0 Å². The molecule has 5 nitrogen and oxygen atoms in total. The van der Waals surface area contributed by atoms with Crippen LogP contribution in [-0.2, 0) is 14.3 Å². The van der Waals surface area contributed by atoms with E-state index in [1.165, 1.54) is 0 Å². The number of amides is 1. The van der Waals surface area contributed by atoms with Crippen LogP contribution in [0.2, 0.25) is 0 Å². The summed E-state index contributed by atoms with van der Waals surface area (Å²) < 4.78 is 5.08. The summed E-state index contributed by atoms with van der Waals surface area (Å²) >= 11 is 0. The van der Waals surface area contributed by atoms with Crippen LogP contribution in [0.25, 0.3) is 0 Å². The smallest absolute Gasteiger partial charge is 0.331 e. The maximum absolute atomic E-state index is 12.7. The molecule has 4 aliphatic carbocycles. The number of fused-ring (bicyclic) bond motifs is 3. The molecule has 4 aliphatic rings. The zero-order chi connectivity index (χ0) is 14.4. The van der Waals surface area contributed by atoms with E-state index in [0.717, 1.165) is 38.5 Å². The molecule has 0 aromatic heterocycles. The highest BCUT2D eigenvalue weighted by molar-refractivity contribution is 5.93. The lowest BCUT2D eigenvalue weighted by Gasteiger charge is -2.50. The predicted octanol–water partition coefficient (Wildman–Crippen LogP) is 1.25. The van der Waals surface area contributed by atoms with Gasteiger partial charge in [0.05, 0.1) is 6.61 Å². The van der Waals surface area contributed by atoms with Gasteiger partial charge in [-0.15, -0.1) is 0 Å². The third-order valence-electron chi connectivity index (χ3n) is 5.55. The molecule has 0 radical (unpaired) electrons. The van der Waals surface area contributed by atoms with Gasteiger partial charge in [-0.1, -0.05) is 0 Å². The van der Waals surface area contributed by atoms with Crippen molar-refractivity contribution in [2.24, 2.45) is 11.1 Å². The van der Waals surface area contributed by atoms with Crippen molar-refractivity contribution in [3.05, 3.63) is 0 Å². The van der Waals surface area contributed by atoms with Gasteiger partial charge < -0.3 is 15.8 Å². The summed E-state index contributed by atoms with van der Waals surface area (Å²) in [5, 5.41) is 3.00. The molecule has 1 amide bonds. The molecule has 0 atom stereocenters. The Morgan fingerprint density at radius 3 is 2.05 bits per heavy atom. The number of rotatable bonds is 4. The van der Waals surface area contributed by atoms with Gasteiger partial charge in [0.15, 0.2) is 0 Å². The summed E-state index contributed by atoms with van der Waals surface area (Å²) in [4.78, 5) is 24.6. The van der Waals surface area contributed by atoms with Crippen molar-refractivity contribution < 1.29 is 14.3 Å². The van der Waals surface area contributed by atoms with Crippen molar-refractivity contribution in [3.8, 4) is 0 Å². The maximum atomic E-state index is 12.7. The molecule has 0 saturated heterocycles. The van der Waals surface area contributed by atoms with E-state index in [-0.39, 0.29) is 22.8 Å². The number of esters is 1. The third-order valence-corrected chi connectivity index (χ3v) is 5.55. The van der Waals surface area contributed by atoms with Gasteiger partial charge in [-0.05, 0) is 58.3 Å². The van der Waals surface area contributed by atoms with E-state index in [2.05, 4.69) is 5.32 Å². The van der Waals surface area contributed by atoms with Crippen LogP contribution in [0.1, 0.15) is 58.3 Å². The van der Waals surface area contributed by atoms with Crippen LogP contribution in [0.3, 0.4) is 0 Å². The number of carbonyl (C=O) groups excluding carboxylic acids is 2. The molecule has 4 saturated carbocycles. The van der Waals surface area contributed by atoms with E-state index in [0.29, 0.717) is 19.4 Å². The number of nitrogens with one attached hydrogen (secondary N) is 1. The second-order valence-electron chi connectivity index (χ2n) is 6.90. The Morgan fingerprint density at radius 2 is 1.60 bits per heavy atom. The van der Waals surface area contributed by atoms with Crippen LogP contribution in [-0.4, -0.2) is 29.6 Å². The van der Waals surface area contributed by atoms with Gasteiger partial charge in [-0.3, -0.25) is 4.79 Å². The van der Waals surface area contributed by atoms with E-state index in [4.69, 9.17) is 10.5 Å². The van der Waals surface area contributed by atoms with E-state index in [9.17, 15) is 9.59 Å². The van der Waals surface area contributed by atoms with Gasteiger partial charge in [-0.2, -0.15) is 0 Å². The molecule has 4 fully saturated rings. The summed E-state index contributed by atoms with van der Waals surface area (Å²) in [5.41, 5.74) is 5.22. The van der Waals surface area contributed by atoms with E-state index in [1.807, 2.05) is 0 Å². The summed E-state index contributed by atoms with van der Waals surface area (Å²) in [6.07, 6.45) is 6.74. The van der Waals surface area contributed by atoms with Gasteiger partial charge in [0.2, 0.25) is 5.91 Å². The fraction of sp³-hybridized carbons (Fsp3) is 0.867. The molecular formula is C15H24N2O3. The summed E-state index contributed by atoms with van der Waals surface area (Å²) in [6.45, 7) is 2.15. The van der Waals surface area contributed by atoms with E-state index in [1.54, 1.807) is 6.92 Å². The molecule has 0 aliphatic heterocycles. The van der Waals surface area contributed by atoms with Crippen molar-refractivity contribution in [1.82, 2.24) is 5.32 Å². The van der Waals surface area contributed by atoms with E-state index < -0.39 is 5.54 Å². The first-order valence-electron chi connectivity index (χ1n) is 7.73. The van der Waals surface area contributed by atoms with Crippen molar-refractivity contribution >= 4 is 11.9 Å². The monoisotopic (exact) mass is 280 g/mol. The van der Waals surface area contributed by atoms with Crippen LogP contribution >= 0.6 is 0 Å². The van der Waals surface area contributed by atoms with Crippen molar-refractivity contribution in [3.63, 3.8) is 0 Å². The first-order chi connectivity index (χ1) is 9.44. The maximum Gasteiger partial charge on any atom is 0.331 e. The minimum atomic E-state index is -0.726. The van der Waals surface area contributed by atoms with Crippen LogP contribution in [0, 0.1) is 5.41 Å². The third kappa shape index (κ3) is 2.12. The summed E-state index contributed by atoms with van der Waals surface area (Å²) in [6, 6.07) is 0. The molecule has 2 bridgehead atoms. The Balaban J connectivity index is 1.67. The van der Waals surface area contributed by atoms with Crippen molar-refractivity contribution in [1.29, 1.82) is 0 Å². The standard InChI is InChI=1S/C15H24N2O3/c1-2-20-12(19)15(9-10-15)17-11(18)13-3-6-14(16,7-4-13)8-5-13/h2-10,16H2,1H3,(H,17,18). The largest absolute Gasteiger partial charge is 0.464 e. The molecule has 5 heteroatoms. The predicted molar refractivity (Wildman–Crippen MR) is 73.8 cm³/mol. The van der Waals surface area contributed by atoms with Gasteiger partial charge >= 0.3 is 5.97 Å². The highest BCUT2D eigenvalue weighted by atomic mass is 16.5. The molecule has 0 heterocycles. The van der Waals surface area contributed by atoms with Gasteiger partial charge in [-0.25, -0.2) is 4.79 Å². The molecule has 0 spiro atoms. The minimum absolute atomic E-state index is 0.0412. The SMILES string of the molecule is CCOC(=O)C1(NC(=O)C23CCC(N)(CC2)CC3)CC1. The fourth-order valence-corrected chi connectivity index (χ4v) is 3.68. The number of carbonyl (C=O) groups is 2. The van der Waals surface area contributed by atoms with Crippen molar-refractivity contribution in [2.75, 3.05) is 6.61 Å². The first kappa shape index (κ1) is 13.9. The van der Waals surface area contributed by atoms with Crippen LogP contribution < -0.4 is 11.1 Å². The normalized spacial score (nSPS) is 37.3. The van der Waals surface area contributed by atoms with Crippen LogP contribution in [0.15, 0.2) is 0 Å². The average molecular weight is 280 g/mol. The lowest BCUT2D eigenvalue weighted by molar-refractivity contribution is -0.151. The Labute approximate surface area is 119 Å². The summed E-state index contributed by atoms with van der Waals surface area (Å²) in [7, 11) is 0. The molecular weight excluding hydrogens is 256 g/mol. The van der Waals surface area contributed by atoms with Gasteiger partial charge in [0.1, 0.15) is 5.54 Å². The highest BCUT2D eigenvalue weighted by Gasteiger charge is 2.57. The topological polar surface area (TPSA) is 81.4 Å². The average Bonchev–Trinajstić information content (AvgIpc) is 3.21. The fourth-order valence-electron chi connectivity index (χ4n) is 3.68. The molecule has 3 N–H and O–H groups in total. The number of hydrogen-bond donors (Lipinski definition) is 2. The second kappa shape index (κ2) is 4.45. The lowest BCUT2D eigenvalue weighted by atomic mass is 9.57. The lowest BCUT2D eigenvalue weighted by Crippen LogP contribution is -2.59. The van der Waals surface area contributed by atoms with E-state index >= 15 is 0 Å². The Bertz CT molecular complexity index is 418. The van der Waals surface area contributed by atoms with Crippen molar-refractivity contribution in [2.45, 2.75) is 69.4 Å². The zero-order valence-electron chi connectivity index (χ0n) is 12.2. The Morgan fingerprint density at radius 1 is 1.05 bits per heavy atom. The number of ether oxygens (including phenoxy) is 1. The molecule has 4 rings (SSSR count). The molecule has 20 heavy (non-hydrogen) atoms. The van der Waals surface area contributed by atoms with Crippen LogP contribution in [0.4, 0.5) is 0 Å². The van der Waals surface area contributed by atoms with Gasteiger partial charge in [0, 0.05) is 11.0 Å². The summed E-state index contributed by atoms with van der Waals surface area (Å²) in [5.74, 6) is -0.227. The van der Waals surface area contributed by atoms with Gasteiger partial charge in [0.25, 0.3) is 0 Å². The number of hydrogen-bond acceptors (Lipinski definition) is 4. The first-order valence-corrected chi connectivity index (χ1v) is 7.73. The number of nitrogens with two attached hydrogens (primary N) is 1. The second-order valence-corrected chi connectivity index (χ2v) is 6.90. The zero-order valence-corrected chi connectivity index (χ0v) is 12.2. The molecule has 0 unspecified atom stereocenters.